The smallest absolute Gasteiger partial charge is 0.387 e. The minimum absolute atomic E-state index is 0.117. The number of benzene rings is 3. The molecule has 0 spiro atoms. The van der Waals surface area contributed by atoms with E-state index in [2.05, 4.69) is 20.2 Å². The fourth-order valence-electron chi connectivity index (χ4n) is 6.90. The number of carbonyl (C=O) groups is 1. The average Bonchev–Trinajstić information content (AvgIpc) is 3.91. The zero-order valence-electron chi connectivity index (χ0n) is 27.7. The summed E-state index contributed by atoms with van der Waals surface area (Å²) in [6, 6.07) is 13.3. The first kappa shape index (κ1) is 34.6. The molecule has 2 aliphatic rings. The van der Waals surface area contributed by atoms with Crippen molar-refractivity contribution in [2.45, 2.75) is 64.8 Å². The van der Waals surface area contributed by atoms with Crippen molar-refractivity contribution in [1.29, 1.82) is 0 Å². The number of hydrogen-bond acceptors (Lipinski definition) is 8. The molecule has 0 aliphatic carbocycles. The van der Waals surface area contributed by atoms with Crippen LogP contribution in [0.2, 0.25) is 0 Å². The second-order valence-corrected chi connectivity index (χ2v) is 12.8. The number of oxazole rings is 1. The Kier molecular flexibility index (Phi) is 10.0. The van der Waals surface area contributed by atoms with Gasteiger partial charge in [-0.15, -0.1) is 0 Å². The maximum absolute atomic E-state index is 15.2. The Bertz CT molecular complexity index is 2060. The molecule has 4 heterocycles. The number of carbonyl (C=O) groups excluding carboxylic acids is 1. The zero-order valence-corrected chi connectivity index (χ0v) is 27.7. The van der Waals surface area contributed by atoms with Crippen LogP contribution in [0.1, 0.15) is 54.5 Å². The summed E-state index contributed by atoms with van der Waals surface area (Å²) in [6.45, 7) is 1.06. The molecule has 266 valence electrons. The van der Waals surface area contributed by atoms with E-state index in [1.54, 1.807) is 37.3 Å². The Labute approximate surface area is 290 Å². The van der Waals surface area contributed by atoms with E-state index in [0.717, 1.165) is 32.4 Å². The second-order valence-electron chi connectivity index (χ2n) is 12.8. The van der Waals surface area contributed by atoms with E-state index < -0.39 is 30.9 Å². The quantitative estimate of drug-likeness (QED) is 0.108. The van der Waals surface area contributed by atoms with Gasteiger partial charge in [0.15, 0.2) is 5.58 Å². The van der Waals surface area contributed by atoms with E-state index in [-0.39, 0.29) is 57.3 Å². The van der Waals surface area contributed by atoms with E-state index in [9.17, 15) is 22.4 Å². The van der Waals surface area contributed by atoms with Gasteiger partial charge in [-0.3, -0.25) is 14.7 Å². The summed E-state index contributed by atoms with van der Waals surface area (Å²) in [5.41, 5.74) is 2.77. The summed E-state index contributed by atoms with van der Waals surface area (Å²) >= 11 is 0. The number of ether oxygens (including phenoxy) is 2. The lowest BCUT2D eigenvalue weighted by atomic mass is 9.89. The number of aromatic nitrogens is 2. The standard InChI is InChI=1S/C38H35F5N4O4/c1-21-24(27-10-5-9-26(34(27)35(40)41)22-15-28(39)31(45-18-22)19-47-13-2-3-14-47)7-4-8-25(21)36-46-30-16-23(20-49-37(48)29-11-6-12-44-29)32(51-38(42)43)17-33(30)50-36/h4-5,7-10,15-18,29,35,38,44H,2-3,6,11-14,19-20H2,1H3/t29-/m0/s1. The number of rotatable bonds is 11. The van der Waals surface area contributed by atoms with Crippen LogP contribution in [0.5, 0.6) is 5.75 Å². The minimum Gasteiger partial charge on any atom is -0.460 e. The van der Waals surface area contributed by atoms with Crippen molar-refractivity contribution in [1.82, 2.24) is 20.2 Å². The molecule has 0 amide bonds. The summed E-state index contributed by atoms with van der Waals surface area (Å²) in [5, 5.41) is 3.03. The average molecular weight is 707 g/mol. The lowest BCUT2D eigenvalue weighted by Crippen LogP contribution is -2.32. The molecular weight excluding hydrogens is 671 g/mol. The van der Waals surface area contributed by atoms with Crippen molar-refractivity contribution in [3.8, 4) is 39.5 Å². The molecule has 13 heteroatoms. The van der Waals surface area contributed by atoms with Crippen LogP contribution >= 0.6 is 0 Å². The number of esters is 1. The van der Waals surface area contributed by atoms with Gasteiger partial charge in [-0.2, -0.15) is 8.78 Å². The summed E-state index contributed by atoms with van der Waals surface area (Å²) in [4.78, 5) is 23.5. The van der Waals surface area contributed by atoms with Crippen LogP contribution in [-0.2, 0) is 22.7 Å². The molecule has 0 unspecified atom stereocenters. The first-order chi connectivity index (χ1) is 24.7. The molecule has 8 nitrogen and oxygen atoms in total. The van der Waals surface area contributed by atoms with Gasteiger partial charge >= 0.3 is 12.6 Å². The molecule has 7 rings (SSSR count). The topological polar surface area (TPSA) is 89.7 Å². The Morgan fingerprint density at radius 2 is 1.75 bits per heavy atom. The Hall–Kier alpha value is -4.88. The lowest BCUT2D eigenvalue weighted by Gasteiger charge is -2.18. The van der Waals surface area contributed by atoms with Gasteiger partial charge in [0.25, 0.3) is 6.43 Å². The van der Waals surface area contributed by atoms with Gasteiger partial charge in [0.2, 0.25) is 5.89 Å². The van der Waals surface area contributed by atoms with Crippen LogP contribution in [0.3, 0.4) is 0 Å². The van der Waals surface area contributed by atoms with Crippen molar-refractivity contribution in [3.63, 3.8) is 0 Å². The second kappa shape index (κ2) is 14.8. The molecule has 3 aromatic carbocycles. The molecule has 2 saturated heterocycles. The van der Waals surface area contributed by atoms with E-state index in [0.29, 0.717) is 41.7 Å². The third kappa shape index (κ3) is 7.31. The molecular formula is C38H35F5N4O4. The van der Waals surface area contributed by atoms with Gasteiger partial charge in [0.05, 0.1) is 5.69 Å². The number of halogens is 5. The van der Waals surface area contributed by atoms with Crippen LogP contribution in [0.15, 0.2) is 65.2 Å². The summed E-state index contributed by atoms with van der Waals surface area (Å²) < 4.78 is 87.9. The highest BCUT2D eigenvalue weighted by atomic mass is 19.3. The van der Waals surface area contributed by atoms with Crippen molar-refractivity contribution in [2.75, 3.05) is 19.6 Å². The third-order valence-corrected chi connectivity index (χ3v) is 9.48. The minimum atomic E-state index is -3.14. The van der Waals surface area contributed by atoms with Crippen molar-refractivity contribution in [3.05, 3.63) is 89.0 Å². The lowest BCUT2D eigenvalue weighted by molar-refractivity contribution is -0.147. The van der Waals surface area contributed by atoms with E-state index in [1.807, 2.05) is 0 Å². The largest absolute Gasteiger partial charge is 0.460 e. The summed E-state index contributed by atoms with van der Waals surface area (Å²) in [5.74, 6) is -1.15. The van der Waals surface area contributed by atoms with Crippen LogP contribution in [0.4, 0.5) is 22.0 Å². The highest BCUT2D eigenvalue weighted by molar-refractivity contribution is 5.85. The number of fused-ring (bicyclic) bond motifs is 1. The molecule has 2 aromatic heterocycles. The molecule has 2 fully saturated rings. The maximum Gasteiger partial charge on any atom is 0.387 e. The predicted molar refractivity (Wildman–Crippen MR) is 180 cm³/mol. The molecule has 0 saturated carbocycles. The third-order valence-electron chi connectivity index (χ3n) is 9.48. The van der Waals surface area contributed by atoms with E-state index >= 15 is 4.39 Å². The van der Waals surface area contributed by atoms with Crippen LogP contribution < -0.4 is 10.1 Å². The number of hydrogen-bond donors (Lipinski definition) is 1. The van der Waals surface area contributed by atoms with Gasteiger partial charge in [-0.1, -0.05) is 30.3 Å². The van der Waals surface area contributed by atoms with Crippen LogP contribution in [-0.4, -0.2) is 53.1 Å². The highest BCUT2D eigenvalue weighted by Crippen LogP contribution is 2.42. The Morgan fingerprint density at radius 1 is 1.00 bits per heavy atom. The van der Waals surface area contributed by atoms with Crippen molar-refractivity contribution in [2.24, 2.45) is 0 Å². The van der Waals surface area contributed by atoms with Crippen LogP contribution in [0, 0.1) is 12.7 Å². The van der Waals surface area contributed by atoms with Gasteiger partial charge in [0, 0.05) is 41.1 Å². The normalized spacial score (nSPS) is 16.5. The number of alkyl halides is 4. The fourth-order valence-corrected chi connectivity index (χ4v) is 6.90. The number of nitrogens with one attached hydrogen (secondary N) is 1. The molecule has 1 N–H and O–H groups in total. The number of nitrogens with zero attached hydrogens (tertiary/aromatic N) is 3. The predicted octanol–water partition coefficient (Wildman–Crippen LogP) is 8.60. The molecule has 0 radical (unpaired) electrons. The first-order valence-corrected chi connectivity index (χ1v) is 16.8. The SMILES string of the molecule is Cc1c(-c2nc3cc(COC(=O)[C@@H]4CCCN4)c(OC(F)F)cc3o2)cccc1-c1cccc(-c2cnc(CN3CCCC3)c(F)c2)c1C(F)F. The van der Waals surface area contributed by atoms with E-state index in [1.165, 1.54) is 30.5 Å². The molecule has 51 heavy (non-hydrogen) atoms. The Morgan fingerprint density at radius 3 is 2.45 bits per heavy atom. The number of likely N-dealkylation sites (tertiary alicyclic amines) is 1. The Balaban J connectivity index is 1.22. The van der Waals surface area contributed by atoms with Gasteiger partial charge in [-0.25, -0.2) is 18.2 Å². The van der Waals surface area contributed by atoms with E-state index in [4.69, 9.17) is 13.9 Å². The summed E-state index contributed by atoms with van der Waals surface area (Å²) in [6.07, 6.45) is 2.08. The highest BCUT2D eigenvalue weighted by Gasteiger charge is 2.26. The maximum atomic E-state index is 15.2. The molecule has 1 atom stereocenters. The van der Waals surface area contributed by atoms with Gasteiger partial charge in [0.1, 0.15) is 29.7 Å². The van der Waals surface area contributed by atoms with Crippen LogP contribution in [0.25, 0.3) is 44.8 Å². The first-order valence-electron chi connectivity index (χ1n) is 16.8. The molecule has 2 aliphatic heterocycles. The van der Waals surface area contributed by atoms with Gasteiger partial charge < -0.3 is 19.2 Å². The summed E-state index contributed by atoms with van der Waals surface area (Å²) in [7, 11) is 0. The van der Waals surface area contributed by atoms with Gasteiger partial charge in [-0.05, 0) is 92.7 Å². The molecule has 0 bridgehead atoms. The monoisotopic (exact) mass is 706 g/mol. The number of pyridine rings is 1. The van der Waals surface area contributed by atoms with Crippen molar-refractivity contribution >= 4 is 17.1 Å². The molecule has 5 aromatic rings. The zero-order chi connectivity index (χ0) is 35.6. The fraction of sp³-hybridized carbons (Fsp3) is 0.342. The van der Waals surface area contributed by atoms with Crippen molar-refractivity contribution < 1.29 is 40.6 Å².